The first-order valence-corrected chi connectivity index (χ1v) is 6.70. The summed E-state index contributed by atoms with van der Waals surface area (Å²) in [5.74, 6) is -1.14. The zero-order chi connectivity index (χ0) is 12.3. The molecule has 0 saturated carbocycles. The average molecular weight is 261 g/mol. The van der Waals surface area contributed by atoms with Crippen LogP contribution in [0.15, 0.2) is 28.3 Å². The SMILES string of the molecule is C=CC(C)NS(=O)(=O)c1cc(C(=O)O)cs1. The smallest absolute Gasteiger partial charge is 0.336 e. The van der Waals surface area contributed by atoms with Gasteiger partial charge in [-0.3, -0.25) is 0 Å². The summed E-state index contributed by atoms with van der Waals surface area (Å²) in [6, 6.07) is 0.728. The van der Waals surface area contributed by atoms with Crippen LogP contribution in [0.3, 0.4) is 0 Å². The predicted molar refractivity (Wildman–Crippen MR) is 61.3 cm³/mol. The lowest BCUT2D eigenvalue weighted by atomic mass is 10.4. The van der Waals surface area contributed by atoms with Crippen molar-refractivity contribution >= 4 is 27.3 Å². The number of hydrogen-bond donors (Lipinski definition) is 2. The first-order chi connectivity index (χ1) is 7.36. The van der Waals surface area contributed by atoms with Gasteiger partial charge in [0.05, 0.1) is 5.56 Å². The first-order valence-electron chi connectivity index (χ1n) is 4.33. The molecule has 1 unspecified atom stereocenters. The maximum absolute atomic E-state index is 11.7. The molecule has 7 heteroatoms. The molecule has 0 aliphatic heterocycles. The van der Waals surface area contributed by atoms with E-state index in [9.17, 15) is 13.2 Å². The van der Waals surface area contributed by atoms with Crippen molar-refractivity contribution in [1.29, 1.82) is 0 Å². The Kier molecular flexibility index (Phi) is 3.84. The van der Waals surface area contributed by atoms with Crippen LogP contribution in [0.2, 0.25) is 0 Å². The molecule has 0 spiro atoms. The van der Waals surface area contributed by atoms with Crippen LogP contribution in [0.25, 0.3) is 0 Å². The highest BCUT2D eigenvalue weighted by Crippen LogP contribution is 2.20. The zero-order valence-electron chi connectivity index (χ0n) is 8.50. The second-order valence-electron chi connectivity index (χ2n) is 3.11. The molecule has 0 bridgehead atoms. The number of hydrogen-bond acceptors (Lipinski definition) is 4. The van der Waals surface area contributed by atoms with Gasteiger partial charge in [-0.05, 0) is 13.0 Å². The number of sulfonamides is 1. The van der Waals surface area contributed by atoms with Gasteiger partial charge >= 0.3 is 5.97 Å². The minimum Gasteiger partial charge on any atom is -0.478 e. The summed E-state index contributed by atoms with van der Waals surface area (Å²) in [4.78, 5) is 10.6. The maximum atomic E-state index is 11.7. The largest absolute Gasteiger partial charge is 0.478 e. The van der Waals surface area contributed by atoms with E-state index >= 15 is 0 Å². The summed E-state index contributed by atoms with van der Waals surface area (Å²) in [6.07, 6.45) is 1.45. The normalized spacial score (nSPS) is 13.3. The predicted octanol–water partition coefficient (Wildman–Crippen LogP) is 1.30. The molecular weight excluding hydrogens is 250 g/mol. The Hall–Kier alpha value is -1.18. The topological polar surface area (TPSA) is 83.5 Å². The van der Waals surface area contributed by atoms with Crippen LogP contribution in [-0.2, 0) is 10.0 Å². The highest BCUT2D eigenvalue weighted by Gasteiger charge is 2.19. The van der Waals surface area contributed by atoms with Gasteiger partial charge in [-0.1, -0.05) is 6.08 Å². The molecule has 16 heavy (non-hydrogen) atoms. The Morgan fingerprint density at radius 1 is 1.69 bits per heavy atom. The van der Waals surface area contributed by atoms with Crippen molar-refractivity contribution < 1.29 is 18.3 Å². The monoisotopic (exact) mass is 261 g/mol. The fourth-order valence-electron chi connectivity index (χ4n) is 0.921. The van der Waals surface area contributed by atoms with Crippen molar-refractivity contribution in [2.24, 2.45) is 0 Å². The fraction of sp³-hybridized carbons (Fsp3) is 0.222. The highest BCUT2D eigenvalue weighted by atomic mass is 32.2. The van der Waals surface area contributed by atoms with E-state index in [1.165, 1.54) is 11.5 Å². The second kappa shape index (κ2) is 4.77. The number of carbonyl (C=O) groups is 1. The van der Waals surface area contributed by atoms with Gasteiger partial charge in [0, 0.05) is 11.4 Å². The second-order valence-corrected chi connectivity index (χ2v) is 5.96. The molecule has 1 heterocycles. The summed E-state index contributed by atoms with van der Waals surface area (Å²) in [5, 5.41) is 9.95. The number of carboxylic acid groups (broad SMARTS) is 1. The minimum atomic E-state index is -3.65. The van der Waals surface area contributed by atoms with Gasteiger partial charge in [0.1, 0.15) is 4.21 Å². The lowest BCUT2D eigenvalue weighted by molar-refractivity contribution is 0.0697. The van der Waals surface area contributed by atoms with Gasteiger partial charge in [0.2, 0.25) is 0 Å². The van der Waals surface area contributed by atoms with E-state index in [-0.39, 0.29) is 9.77 Å². The van der Waals surface area contributed by atoms with E-state index in [1.807, 2.05) is 0 Å². The van der Waals surface area contributed by atoms with E-state index in [0.717, 1.165) is 17.4 Å². The summed E-state index contributed by atoms with van der Waals surface area (Å²) in [6.45, 7) is 5.09. The van der Waals surface area contributed by atoms with Crippen LogP contribution in [0.1, 0.15) is 17.3 Å². The van der Waals surface area contributed by atoms with Gasteiger partial charge < -0.3 is 5.11 Å². The molecule has 0 saturated heterocycles. The third-order valence-corrected chi connectivity index (χ3v) is 4.78. The highest BCUT2D eigenvalue weighted by molar-refractivity contribution is 7.91. The van der Waals surface area contributed by atoms with Crippen molar-refractivity contribution in [3.63, 3.8) is 0 Å². The summed E-state index contributed by atoms with van der Waals surface area (Å²) in [5.41, 5.74) is -0.0309. The van der Waals surface area contributed by atoms with E-state index in [2.05, 4.69) is 11.3 Å². The molecule has 0 radical (unpaired) electrons. The molecule has 0 fully saturated rings. The maximum Gasteiger partial charge on any atom is 0.336 e. The summed E-state index contributed by atoms with van der Waals surface area (Å²) in [7, 11) is -3.65. The molecule has 0 aliphatic rings. The van der Waals surface area contributed by atoms with E-state index < -0.39 is 22.0 Å². The van der Waals surface area contributed by atoms with Crippen LogP contribution in [0, 0.1) is 0 Å². The van der Waals surface area contributed by atoms with Crippen molar-refractivity contribution in [2.45, 2.75) is 17.2 Å². The third kappa shape index (κ3) is 2.91. The number of carboxylic acids is 1. The minimum absolute atomic E-state index is 0.0152. The van der Waals surface area contributed by atoms with Gasteiger partial charge in [0.25, 0.3) is 10.0 Å². The molecule has 0 aromatic carbocycles. The lowest BCUT2D eigenvalue weighted by Crippen LogP contribution is -2.30. The molecule has 1 rings (SSSR count). The molecule has 1 atom stereocenters. The van der Waals surface area contributed by atoms with Gasteiger partial charge in [0.15, 0.2) is 0 Å². The molecule has 2 N–H and O–H groups in total. The molecular formula is C9H11NO4S2. The van der Waals surface area contributed by atoms with Crippen LogP contribution in [-0.4, -0.2) is 25.5 Å². The van der Waals surface area contributed by atoms with Gasteiger partial charge in [-0.2, -0.15) is 0 Å². The van der Waals surface area contributed by atoms with Gasteiger partial charge in [-0.25, -0.2) is 17.9 Å². The Labute approximate surface area is 97.5 Å². The number of aromatic carboxylic acids is 1. The number of thiophene rings is 1. The molecule has 0 aliphatic carbocycles. The Bertz CT molecular complexity index is 503. The quantitative estimate of drug-likeness (QED) is 0.782. The van der Waals surface area contributed by atoms with Crippen molar-refractivity contribution in [2.75, 3.05) is 0 Å². The summed E-state index contributed by atoms with van der Waals surface area (Å²) >= 11 is 0.872. The Morgan fingerprint density at radius 2 is 2.31 bits per heavy atom. The summed E-state index contributed by atoms with van der Waals surface area (Å²) < 4.78 is 25.7. The van der Waals surface area contributed by atoms with Crippen molar-refractivity contribution in [1.82, 2.24) is 4.72 Å². The third-order valence-electron chi connectivity index (χ3n) is 1.78. The first kappa shape index (κ1) is 12.9. The van der Waals surface area contributed by atoms with Crippen LogP contribution >= 0.6 is 11.3 Å². The Balaban J connectivity index is 2.99. The number of nitrogens with one attached hydrogen (secondary N) is 1. The molecule has 0 amide bonds. The van der Waals surface area contributed by atoms with Crippen molar-refractivity contribution in [3.8, 4) is 0 Å². The van der Waals surface area contributed by atoms with Crippen LogP contribution in [0.5, 0.6) is 0 Å². The molecule has 5 nitrogen and oxygen atoms in total. The van der Waals surface area contributed by atoms with E-state index in [4.69, 9.17) is 5.11 Å². The standard InChI is InChI=1S/C9H11NO4S2/c1-3-6(2)10-16(13,14)8-4-7(5-15-8)9(11)12/h3-6,10H,1H2,2H3,(H,11,12). The zero-order valence-corrected chi connectivity index (χ0v) is 10.1. The van der Waals surface area contributed by atoms with Gasteiger partial charge in [-0.15, -0.1) is 17.9 Å². The van der Waals surface area contributed by atoms with Crippen LogP contribution in [0.4, 0.5) is 0 Å². The number of rotatable bonds is 5. The fourth-order valence-corrected chi connectivity index (χ4v) is 3.31. The average Bonchev–Trinajstić information content (AvgIpc) is 2.66. The van der Waals surface area contributed by atoms with Crippen molar-refractivity contribution in [3.05, 3.63) is 29.7 Å². The van der Waals surface area contributed by atoms with Crippen LogP contribution < -0.4 is 4.72 Å². The molecule has 1 aromatic rings. The lowest BCUT2D eigenvalue weighted by Gasteiger charge is -2.07. The molecule has 88 valence electrons. The van der Waals surface area contributed by atoms with E-state index in [0.29, 0.717) is 0 Å². The van der Waals surface area contributed by atoms with E-state index in [1.54, 1.807) is 6.92 Å². The molecule has 1 aromatic heterocycles. The Morgan fingerprint density at radius 3 is 2.75 bits per heavy atom.